The topological polar surface area (TPSA) is 40.5 Å². The van der Waals surface area contributed by atoms with Crippen molar-refractivity contribution in [2.24, 2.45) is 5.41 Å². The van der Waals surface area contributed by atoms with E-state index in [0.717, 1.165) is 4.32 Å². The maximum absolute atomic E-state index is 11.6. The number of rotatable bonds is 5. The van der Waals surface area contributed by atoms with Gasteiger partial charge in [-0.1, -0.05) is 37.8 Å². The van der Waals surface area contributed by atoms with Crippen LogP contribution >= 0.6 is 24.0 Å². The summed E-state index contributed by atoms with van der Waals surface area (Å²) in [7, 11) is 3.77. The minimum atomic E-state index is -0.423. The van der Waals surface area contributed by atoms with E-state index in [1.165, 1.54) is 11.8 Å². The average Bonchev–Trinajstić information content (AvgIpc) is 2.14. The van der Waals surface area contributed by atoms with Gasteiger partial charge in [0.1, 0.15) is 10.1 Å². The van der Waals surface area contributed by atoms with Crippen LogP contribution in [0, 0.1) is 5.41 Å². The number of hydrogen-bond donors (Lipinski definition) is 1. The summed E-state index contributed by atoms with van der Waals surface area (Å²) in [5, 5.41) is 8.70. The molecule has 88 valence electrons. The standard InChI is InChI=1S/C10H19NO2S2/c1-10(2,8(13)5-6-12)7-15-9(14)11(3)4/h12H,5-7H2,1-4H3. The fourth-order valence-corrected chi connectivity index (χ4v) is 1.97. The average molecular weight is 249 g/mol. The SMILES string of the molecule is CN(C)C(=S)SCC(C)(C)C(=O)CCO. The summed E-state index contributed by atoms with van der Waals surface area (Å²) in [4.78, 5) is 13.5. The van der Waals surface area contributed by atoms with Gasteiger partial charge in [-0.2, -0.15) is 0 Å². The van der Waals surface area contributed by atoms with Gasteiger partial charge in [-0.15, -0.1) is 0 Å². The number of carbonyl (C=O) groups excluding carboxylic acids is 1. The Morgan fingerprint density at radius 3 is 2.40 bits per heavy atom. The first-order chi connectivity index (χ1) is 6.81. The van der Waals surface area contributed by atoms with Gasteiger partial charge in [-0.3, -0.25) is 4.79 Å². The largest absolute Gasteiger partial charge is 0.396 e. The molecule has 0 radical (unpaired) electrons. The molecule has 0 rings (SSSR count). The Bertz CT molecular complexity index is 240. The molecule has 0 fully saturated rings. The molecule has 1 N–H and O–H groups in total. The number of thioether (sulfide) groups is 1. The third-order valence-corrected chi connectivity index (χ3v) is 4.21. The van der Waals surface area contributed by atoms with Crippen LogP contribution in [-0.4, -0.2) is 46.6 Å². The molecule has 0 amide bonds. The molecule has 3 nitrogen and oxygen atoms in total. The lowest BCUT2D eigenvalue weighted by atomic mass is 9.89. The molecule has 0 atom stereocenters. The van der Waals surface area contributed by atoms with E-state index in [9.17, 15) is 4.79 Å². The van der Waals surface area contributed by atoms with Crippen molar-refractivity contribution >= 4 is 34.1 Å². The van der Waals surface area contributed by atoms with E-state index in [1.807, 2.05) is 32.8 Å². The van der Waals surface area contributed by atoms with Gasteiger partial charge in [-0.05, 0) is 0 Å². The van der Waals surface area contributed by atoms with Gasteiger partial charge in [0.05, 0.1) is 0 Å². The Labute approximate surface area is 101 Å². The Balaban J connectivity index is 4.14. The Morgan fingerprint density at radius 2 is 2.00 bits per heavy atom. The number of thiocarbonyl (C=S) groups is 1. The van der Waals surface area contributed by atoms with Crippen LogP contribution in [0.2, 0.25) is 0 Å². The summed E-state index contributed by atoms with van der Waals surface area (Å²) < 4.78 is 0.778. The third-order valence-electron chi connectivity index (χ3n) is 2.02. The van der Waals surface area contributed by atoms with Gasteiger partial charge in [-0.25, -0.2) is 0 Å². The zero-order valence-electron chi connectivity index (χ0n) is 9.74. The van der Waals surface area contributed by atoms with Crippen LogP contribution in [0.5, 0.6) is 0 Å². The molecule has 0 spiro atoms. The number of carbonyl (C=O) groups is 1. The minimum absolute atomic E-state index is 0.0783. The van der Waals surface area contributed by atoms with E-state index in [-0.39, 0.29) is 18.8 Å². The van der Waals surface area contributed by atoms with Crippen LogP contribution in [0.4, 0.5) is 0 Å². The molecule has 0 saturated heterocycles. The van der Waals surface area contributed by atoms with Crippen LogP contribution in [0.3, 0.4) is 0 Å². The lowest BCUT2D eigenvalue weighted by Crippen LogP contribution is -2.29. The van der Waals surface area contributed by atoms with Gasteiger partial charge < -0.3 is 10.0 Å². The number of Topliss-reactive ketones (excluding diaryl/α,β-unsaturated/α-hetero) is 1. The van der Waals surface area contributed by atoms with Gasteiger partial charge >= 0.3 is 0 Å². The second-order valence-corrected chi connectivity index (χ2v) is 5.84. The number of hydrogen-bond acceptors (Lipinski definition) is 4. The van der Waals surface area contributed by atoms with Crippen molar-refractivity contribution < 1.29 is 9.90 Å². The molecular weight excluding hydrogens is 230 g/mol. The van der Waals surface area contributed by atoms with Crippen LogP contribution in [0.15, 0.2) is 0 Å². The van der Waals surface area contributed by atoms with Gasteiger partial charge in [0.15, 0.2) is 0 Å². The fraction of sp³-hybridized carbons (Fsp3) is 0.800. The number of aliphatic hydroxyl groups is 1. The summed E-state index contributed by atoms with van der Waals surface area (Å²) >= 11 is 6.63. The van der Waals surface area contributed by atoms with Crippen molar-refractivity contribution in [1.82, 2.24) is 4.90 Å². The second-order valence-electron chi connectivity index (χ2n) is 4.23. The zero-order valence-corrected chi connectivity index (χ0v) is 11.4. The van der Waals surface area contributed by atoms with E-state index in [2.05, 4.69) is 0 Å². The molecule has 0 aromatic rings. The first-order valence-corrected chi connectivity index (χ1v) is 6.19. The van der Waals surface area contributed by atoms with E-state index >= 15 is 0 Å². The molecule has 0 aromatic carbocycles. The lowest BCUT2D eigenvalue weighted by Gasteiger charge is -2.23. The van der Waals surface area contributed by atoms with Crippen molar-refractivity contribution in [2.45, 2.75) is 20.3 Å². The minimum Gasteiger partial charge on any atom is -0.396 e. The first kappa shape index (κ1) is 14.9. The molecule has 0 saturated carbocycles. The predicted molar refractivity (Wildman–Crippen MR) is 69.2 cm³/mol. The molecular formula is C10H19NO2S2. The van der Waals surface area contributed by atoms with Gasteiger partial charge in [0.2, 0.25) is 0 Å². The first-order valence-electron chi connectivity index (χ1n) is 4.79. The summed E-state index contributed by atoms with van der Waals surface area (Å²) in [5.41, 5.74) is -0.423. The molecule has 0 heterocycles. The van der Waals surface area contributed by atoms with Crippen LogP contribution < -0.4 is 0 Å². The monoisotopic (exact) mass is 249 g/mol. The molecule has 5 heteroatoms. The molecule has 0 aromatic heterocycles. The number of aliphatic hydroxyl groups excluding tert-OH is 1. The Hall–Kier alpha value is -0.130. The maximum atomic E-state index is 11.6. The summed E-state index contributed by atoms with van der Waals surface area (Å²) in [6.07, 6.45) is 0.224. The highest BCUT2D eigenvalue weighted by Gasteiger charge is 2.27. The van der Waals surface area contributed by atoms with E-state index in [4.69, 9.17) is 17.3 Å². The fourth-order valence-electron chi connectivity index (χ4n) is 0.892. The van der Waals surface area contributed by atoms with Crippen molar-refractivity contribution in [3.8, 4) is 0 Å². The zero-order chi connectivity index (χ0) is 12.1. The molecule has 0 aliphatic rings. The van der Waals surface area contributed by atoms with Crippen LogP contribution in [0.25, 0.3) is 0 Å². The normalized spacial score (nSPS) is 11.3. The quantitative estimate of drug-likeness (QED) is 0.749. The van der Waals surface area contributed by atoms with Crippen molar-refractivity contribution in [1.29, 1.82) is 0 Å². The van der Waals surface area contributed by atoms with Gasteiger partial charge in [0.25, 0.3) is 0 Å². The number of nitrogens with zero attached hydrogens (tertiary/aromatic N) is 1. The van der Waals surface area contributed by atoms with Gasteiger partial charge in [0, 0.05) is 38.3 Å². The smallest absolute Gasteiger partial charge is 0.141 e. The summed E-state index contributed by atoms with van der Waals surface area (Å²) in [5.74, 6) is 0.738. The summed E-state index contributed by atoms with van der Waals surface area (Å²) in [6.45, 7) is 3.69. The predicted octanol–water partition coefficient (Wildman–Crippen LogP) is 1.54. The molecule has 15 heavy (non-hydrogen) atoms. The molecule has 0 unspecified atom stereocenters. The molecule has 0 aliphatic carbocycles. The highest BCUT2D eigenvalue weighted by Crippen LogP contribution is 2.25. The highest BCUT2D eigenvalue weighted by atomic mass is 32.2. The third kappa shape index (κ3) is 5.49. The summed E-state index contributed by atoms with van der Waals surface area (Å²) in [6, 6.07) is 0. The maximum Gasteiger partial charge on any atom is 0.141 e. The second kappa shape index (κ2) is 6.45. The van der Waals surface area contributed by atoms with Crippen LogP contribution in [0.1, 0.15) is 20.3 Å². The Morgan fingerprint density at radius 1 is 1.47 bits per heavy atom. The lowest BCUT2D eigenvalue weighted by molar-refractivity contribution is -0.126. The van der Waals surface area contributed by atoms with Crippen LogP contribution in [-0.2, 0) is 4.79 Å². The Kier molecular flexibility index (Phi) is 6.40. The highest BCUT2D eigenvalue weighted by molar-refractivity contribution is 8.22. The van der Waals surface area contributed by atoms with E-state index in [1.54, 1.807) is 0 Å². The van der Waals surface area contributed by atoms with Crippen molar-refractivity contribution in [2.75, 3.05) is 26.5 Å². The van der Waals surface area contributed by atoms with Crippen molar-refractivity contribution in [3.63, 3.8) is 0 Å². The number of ketones is 1. The van der Waals surface area contributed by atoms with Crippen molar-refractivity contribution in [3.05, 3.63) is 0 Å². The van der Waals surface area contributed by atoms with E-state index < -0.39 is 5.41 Å². The molecule has 0 aliphatic heterocycles. The van der Waals surface area contributed by atoms with E-state index in [0.29, 0.717) is 5.75 Å². The molecule has 0 bridgehead atoms.